The number of carbonyl (C=O) groups is 1. The second-order valence-electron chi connectivity index (χ2n) is 5.64. The predicted molar refractivity (Wildman–Crippen MR) is 98.2 cm³/mol. The normalized spacial score (nSPS) is 10.5. The molecule has 5 nitrogen and oxygen atoms in total. The number of ether oxygens (including phenoxy) is 1. The molecule has 0 fully saturated rings. The number of amides is 1. The standard InChI is InChI=1S/C19H18ClN3O2/c1-13-6-5-7-14(2)18(13)22-19(24)16-10-11-21-23(16)12-25-17-9-4-3-8-15(17)20/h3-11H,12H2,1-2H3,(H,22,24). The quantitative estimate of drug-likeness (QED) is 0.736. The van der Waals surface area contributed by atoms with Crippen LogP contribution in [0.25, 0.3) is 0 Å². The monoisotopic (exact) mass is 355 g/mol. The summed E-state index contributed by atoms with van der Waals surface area (Å²) in [5.74, 6) is 0.304. The van der Waals surface area contributed by atoms with Crippen molar-refractivity contribution in [3.05, 3.63) is 76.6 Å². The maximum atomic E-state index is 12.6. The third-order valence-corrected chi connectivity index (χ3v) is 4.16. The van der Waals surface area contributed by atoms with Gasteiger partial charge in [0.25, 0.3) is 5.91 Å². The molecule has 1 heterocycles. The van der Waals surface area contributed by atoms with Crippen molar-refractivity contribution in [1.29, 1.82) is 0 Å². The molecule has 3 aromatic rings. The molecule has 128 valence electrons. The van der Waals surface area contributed by atoms with Crippen LogP contribution in [0.1, 0.15) is 21.6 Å². The van der Waals surface area contributed by atoms with Crippen molar-refractivity contribution in [3.63, 3.8) is 0 Å². The van der Waals surface area contributed by atoms with E-state index < -0.39 is 0 Å². The van der Waals surface area contributed by atoms with Crippen molar-refractivity contribution in [3.8, 4) is 5.75 Å². The fourth-order valence-electron chi connectivity index (χ4n) is 2.51. The molecule has 0 aliphatic rings. The first kappa shape index (κ1) is 17.0. The molecule has 1 amide bonds. The zero-order valence-corrected chi connectivity index (χ0v) is 14.7. The smallest absolute Gasteiger partial charge is 0.274 e. The van der Waals surface area contributed by atoms with Gasteiger partial charge in [0.15, 0.2) is 6.73 Å². The van der Waals surface area contributed by atoms with Gasteiger partial charge < -0.3 is 10.1 Å². The SMILES string of the molecule is Cc1cccc(C)c1NC(=O)c1ccnn1COc1ccccc1Cl. The molecule has 3 rings (SSSR count). The van der Waals surface area contributed by atoms with E-state index >= 15 is 0 Å². The molecule has 25 heavy (non-hydrogen) atoms. The lowest BCUT2D eigenvalue weighted by atomic mass is 10.1. The van der Waals surface area contributed by atoms with Crippen LogP contribution in [0.3, 0.4) is 0 Å². The first-order chi connectivity index (χ1) is 12.1. The molecular weight excluding hydrogens is 338 g/mol. The van der Waals surface area contributed by atoms with Gasteiger partial charge >= 0.3 is 0 Å². The molecule has 0 saturated carbocycles. The van der Waals surface area contributed by atoms with E-state index in [0.29, 0.717) is 16.5 Å². The zero-order valence-electron chi connectivity index (χ0n) is 14.0. The highest BCUT2D eigenvalue weighted by Gasteiger charge is 2.15. The van der Waals surface area contributed by atoms with E-state index in [2.05, 4.69) is 10.4 Å². The summed E-state index contributed by atoms with van der Waals surface area (Å²) in [6, 6.07) is 14.7. The van der Waals surface area contributed by atoms with Crippen LogP contribution in [0, 0.1) is 13.8 Å². The summed E-state index contributed by atoms with van der Waals surface area (Å²) in [6.45, 7) is 4.01. The second kappa shape index (κ2) is 7.40. The minimum Gasteiger partial charge on any atom is -0.470 e. The number of nitrogens with zero attached hydrogens (tertiary/aromatic N) is 2. The Morgan fingerprint density at radius 2 is 1.84 bits per heavy atom. The minimum absolute atomic E-state index is 0.0895. The maximum Gasteiger partial charge on any atom is 0.274 e. The highest BCUT2D eigenvalue weighted by molar-refractivity contribution is 6.32. The van der Waals surface area contributed by atoms with Crippen molar-refractivity contribution >= 4 is 23.2 Å². The van der Waals surface area contributed by atoms with Gasteiger partial charge in [-0.3, -0.25) is 4.79 Å². The Morgan fingerprint density at radius 3 is 2.56 bits per heavy atom. The van der Waals surface area contributed by atoms with Crippen LogP contribution in [-0.4, -0.2) is 15.7 Å². The summed E-state index contributed by atoms with van der Waals surface area (Å²) in [6.07, 6.45) is 1.57. The fourth-order valence-corrected chi connectivity index (χ4v) is 2.70. The van der Waals surface area contributed by atoms with E-state index in [1.54, 1.807) is 24.4 Å². The Morgan fingerprint density at radius 1 is 1.12 bits per heavy atom. The van der Waals surface area contributed by atoms with Crippen molar-refractivity contribution < 1.29 is 9.53 Å². The van der Waals surface area contributed by atoms with Crippen molar-refractivity contribution in [2.75, 3.05) is 5.32 Å². The molecule has 0 aliphatic heterocycles. The number of aromatic nitrogens is 2. The van der Waals surface area contributed by atoms with Gasteiger partial charge in [-0.25, -0.2) is 4.68 Å². The number of aryl methyl sites for hydroxylation is 2. The van der Waals surface area contributed by atoms with E-state index in [4.69, 9.17) is 16.3 Å². The number of nitrogens with one attached hydrogen (secondary N) is 1. The summed E-state index contributed by atoms with van der Waals surface area (Å²) in [5, 5.41) is 7.62. The molecule has 6 heteroatoms. The van der Waals surface area contributed by atoms with Crippen LogP contribution >= 0.6 is 11.6 Å². The molecule has 0 atom stereocenters. The molecule has 1 aromatic heterocycles. The van der Waals surface area contributed by atoms with Crippen molar-refractivity contribution in [1.82, 2.24) is 9.78 Å². The topological polar surface area (TPSA) is 56.2 Å². The first-order valence-electron chi connectivity index (χ1n) is 7.83. The van der Waals surface area contributed by atoms with Gasteiger partial charge in [0.1, 0.15) is 11.4 Å². The van der Waals surface area contributed by atoms with Gasteiger partial charge in [-0.05, 0) is 43.2 Å². The molecule has 0 radical (unpaired) electrons. The summed E-state index contributed by atoms with van der Waals surface area (Å²) in [7, 11) is 0. The summed E-state index contributed by atoms with van der Waals surface area (Å²) in [4.78, 5) is 12.6. The van der Waals surface area contributed by atoms with Crippen LogP contribution in [-0.2, 0) is 6.73 Å². The number of halogens is 1. The number of para-hydroxylation sites is 2. The highest BCUT2D eigenvalue weighted by atomic mass is 35.5. The predicted octanol–water partition coefficient (Wildman–Crippen LogP) is 4.44. The Bertz CT molecular complexity index is 885. The first-order valence-corrected chi connectivity index (χ1v) is 8.21. The Hall–Kier alpha value is -2.79. The van der Waals surface area contributed by atoms with Crippen LogP contribution in [0.15, 0.2) is 54.7 Å². The number of hydrogen-bond donors (Lipinski definition) is 1. The van der Waals surface area contributed by atoms with E-state index in [9.17, 15) is 4.79 Å². The van der Waals surface area contributed by atoms with Crippen LogP contribution in [0.5, 0.6) is 5.75 Å². The zero-order chi connectivity index (χ0) is 17.8. The van der Waals surface area contributed by atoms with E-state index in [0.717, 1.165) is 16.8 Å². The van der Waals surface area contributed by atoms with E-state index in [1.807, 2.05) is 44.2 Å². The Balaban J connectivity index is 1.75. The van der Waals surface area contributed by atoms with Gasteiger partial charge in [0.05, 0.1) is 5.02 Å². The molecule has 0 bridgehead atoms. The summed E-state index contributed by atoms with van der Waals surface area (Å²) < 4.78 is 7.15. The Kier molecular flexibility index (Phi) is 5.05. The average Bonchev–Trinajstić information content (AvgIpc) is 3.06. The van der Waals surface area contributed by atoms with Crippen LogP contribution in [0.4, 0.5) is 5.69 Å². The molecule has 0 unspecified atom stereocenters. The van der Waals surface area contributed by atoms with Crippen molar-refractivity contribution in [2.24, 2.45) is 0 Å². The maximum absolute atomic E-state index is 12.6. The number of benzene rings is 2. The van der Waals surface area contributed by atoms with Gasteiger partial charge in [0.2, 0.25) is 0 Å². The Labute approximate surface area is 151 Å². The van der Waals surface area contributed by atoms with Gasteiger partial charge in [-0.15, -0.1) is 0 Å². The molecular formula is C19H18ClN3O2. The third-order valence-electron chi connectivity index (χ3n) is 3.85. The minimum atomic E-state index is -0.238. The van der Waals surface area contributed by atoms with Crippen LogP contribution in [0.2, 0.25) is 5.02 Å². The third kappa shape index (κ3) is 3.83. The molecule has 0 spiro atoms. The van der Waals surface area contributed by atoms with Crippen molar-refractivity contribution in [2.45, 2.75) is 20.6 Å². The van der Waals surface area contributed by atoms with E-state index in [1.165, 1.54) is 4.68 Å². The number of hydrogen-bond acceptors (Lipinski definition) is 3. The summed E-state index contributed by atoms with van der Waals surface area (Å²) >= 11 is 6.07. The number of anilines is 1. The van der Waals surface area contributed by atoms with E-state index in [-0.39, 0.29) is 12.6 Å². The molecule has 1 N–H and O–H groups in total. The molecule has 0 saturated heterocycles. The second-order valence-corrected chi connectivity index (χ2v) is 6.05. The number of rotatable bonds is 5. The average molecular weight is 356 g/mol. The van der Waals surface area contributed by atoms with Gasteiger partial charge in [0, 0.05) is 11.9 Å². The van der Waals surface area contributed by atoms with Gasteiger partial charge in [-0.2, -0.15) is 5.10 Å². The lowest BCUT2D eigenvalue weighted by Gasteiger charge is -2.13. The highest BCUT2D eigenvalue weighted by Crippen LogP contribution is 2.24. The largest absolute Gasteiger partial charge is 0.470 e. The summed E-state index contributed by atoms with van der Waals surface area (Å²) in [5.41, 5.74) is 3.24. The lowest BCUT2D eigenvalue weighted by molar-refractivity contribution is 0.100. The fraction of sp³-hybridized carbons (Fsp3) is 0.158. The number of carbonyl (C=O) groups excluding carboxylic acids is 1. The van der Waals surface area contributed by atoms with Gasteiger partial charge in [-0.1, -0.05) is 41.9 Å². The molecule has 2 aromatic carbocycles. The van der Waals surface area contributed by atoms with Crippen LogP contribution < -0.4 is 10.1 Å². The lowest BCUT2D eigenvalue weighted by Crippen LogP contribution is -2.20. The molecule has 0 aliphatic carbocycles.